The zero-order chi connectivity index (χ0) is 11.1. The molecule has 0 bridgehead atoms. The smallest absolute Gasteiger partial charge is 0.213 e. The molecule has 1 aromatic rings. The molecule has 5 heteroatoms. The summed E-state index contributed by atoms with van der Waals surface area (Å²) in [7, 11) is 0. The first-order valence-corrected chi connectivity index (χ1v) is 4.74. The lowest BCUT2D eigenvalue weighted by molar-refractivity contribution is 0.297. The molecule has 1 heterocycles. The third-order valence-corrected chi connectivity index (χ3v) is 1.84. The molecule has 0 radical (unpaired) electrons. The van der Waals surface area contributed by atoms with Crippen LogP contribution in [0.5, 0.6) is 5.88 Å². The van der Waals surface area contributed by atoms with Gasteiger partial charge in [-0.2, -0.15) is 0 Å². The number of aromatic nitrogens is 1. The third kappa shape index (κ3) is 4.30. The fourth-order valence-corrected chi connectivity index (χ4v) is 1.02. The highest BCUT2D eigenvalue weighted by Crippen LogP contribution is 2.06. The first kappa shape index (κ1) is 11.3. The Hall–Kier alpha value is -1.78. The van der Waals surface area contributed by atoms with Gasteiger partial charge in [-0.3, -0.25) is 0 Å². The minimum absolute atomic E-state index is 0.218. The van der Waals surface area contributed by atoms with Crippen molar-refractivity contribution in [2.24, 2.45) is 10.9 Å². The predicted molar refractivity (Wildman–Crippen MR) is 57.1 cm³/mol. The van der Waals surface area contributed by atoms with Crippen molar-refractivity contribution >= 4 is 5.84 Å². The second-order valence-corrected chi connectivity index (χ2v) is 3.22. The van der Waals surface area contributed by atoms with E-state index < -0.39 is 0 Å². The van der Waals surface area contributed by atoms with Crippen LogP contribution in [0.3, 0.4) is 0 Å². The molecule has 82 valence electrons. The average molecular weight is 209 g/mol. The van der Waals surface area contributed by atoms with Crippen molar-refractivity contribution in [3.63, 3.8) is 0 Å². The van der Waals surface area contributed by atoms with Gasteiger partial charge < -0.3 is 15.7 Å². The van der Waals surface area contributed by atoms with Gasteiger partial charge >= 0.3 is 0 Å². The summed E-state index contributed by atoms with van der Waals surface area (Å²) < 4.78 is 5.35. The Morgan fingerprint density at radius 1 is 1.60 bits per heavy atom. The highest BCUT2D eigenvalue weighted by atomic mass is 16.5. The van der Waals surface area contributed by atoms with Gasteiger partial charge in [0, 0.05) is 18.7 Å². The molecule has 15 heavy (non-hydrogen) atoms. The van der Waals surface area contributed by atoms with Gasteiger partial charge in [-0.05, 0) is 18.9 Å². The Labute approximate surface area is 88.6 Å². The molecular formula is C10H15N3O2. The van der Waals surface area contributed by atoms with E-state index in [0.29, 0.717) is 25.3 Å². The fourth-order valence-electron chi connectivity index (χ4n) is 1.02. The summed E-state index contributed by atoms with van der Waals surface area (Å²) in [6.45, 7) is 2.47. The van der Waals surface area contributed by atoms with Gasteiger partial charge in [0.05, 0.1) is 6.61 Å². The summed E-state index contributed by atoms with van der Waals surface area (Å²) >= 11 is 0. The van der Waals surface area contributed by atoms with Crippen LogP contribution in [-0.2, 0) is 0 Å². The van der Waals surface area contributed by atoms with E-state index in [-0.39, 0.29) is 5.84 Å². The van der Waals surface area contributed by atoms with Crippen LogP contribution in [0.2, 0.25) is 0 Å². The number of oxime groups is 1. The largest absolute Gasteiger partial charge is 0.478 e. The number of ether oxygens (including phenoxy) is 1. The van der Waals surface area contributed by atoms with E-state index in [2.05, 4.69) is 10.1 Å². The molecule has 0 saturated carbocycles. The van der Waals surface area contributed by atoms with Crippen LogP contribution in [0, 0.1) is 6.92 Å². The predicted octanol–water partition coefficient (Wildman–Crippen LogP) is 1.30. The quantitative estimate of drug-likeness (QED) is 0.252. The van der Waals surface area contributed by atoms with Crippen molar-refractivity contribution in [1.82, 2.24) is 4.98 Å². The number of hydrogen-bond acceptors (Lipinski definition) is 4. The van der Waals surface area contributed by atoms with Gasteiger partial charge in [0.1, 0.15) is 5.84 Å². The second-order valence-electron chi connectivity index (χ2n) is 3.22. The van der Waals surface area contributed by atoms with Crippen molar-refractivity contribution in [3.05, 3.63) is 23.9 Å². The molecule has 0 aromatic carbocycles. The van der Waals surface area contributed by atoms with Gasteiger partial charge in [-0.1, -0.05) is 11.2 Å². The fraction of sp³-hybridized carbons (Fsp3) is 0.400. The molecule has 0 amide bonds. The summed E-state index contributed by atoms with van der Waals surface area (Å²) in [5, 5.41) is 11.2. The van der Waals surface area contributed by atoms with Gasteiger partial charge in [-0.25, -0.2) is 4.98 Å². The normalized spacial score (nSPS) is 11.4. The molecule has 0 spiro atoms. The molecule has 1 aromatic heterocycles. The SMILES string of the molecule is Cc1ccc(OCCC/C(N)=N/O)nc1. The van der Waals surface area contributed by atoms with Gasteiger partial charge in [0.2, 0.25) is 5.88 Å². The minimum atomic E-state index is 0.218. The van der Waals surface area contributed by atoms with Gasteiger partial charge in [0.25, 0.3) is 0 Å². The topological polar surface area (TPSA) is 80.7 Å². The van der Waals surface area contributed by atoms with E-state index in [1.54, 1.807) is 6.20 Å². The molecule has 5 nitrogen and oxygen atoms in total. The van der Waals surface area contributed by atoms with Crippen LogP contribution in [0.25, 0.3) is 0 Å². The number of amidine groups is 1. The lowest BCUT2D eigenvalue weighted by atomic mass is 10.3. The maximum absolute atomic E-state index is 8.29. The number of rotatable bonds is 5. The van der Waals surface area contributed by atoms with E-state index in [9.17, 15) is 0 Å². The lowest BCUT2D eigenvalue weighted by Gasteiger charge is -2.04. The van der Waals surface area contributed by atoms with Crippen LogP contribution < -0.4 is 10.5 Å². The van der Waals surface area contributed by atoms with E-state index in [4.69, 9.17) is 15.7 Å². The lowest BCUT2D eigenvalue weighted by Crippen LogP contribution is -2.12. The summed E-state index contributed by atoms with van der Waals surface area (Å²) in [6, 6.07) is 3.75. The molecule has 3 N–H and O–H groups in total. The van der Waals surface area contributed by atoms with E-state index in [1.165, 1.54) is 0 Å². The average Bonchev–Trinajstić information content (AvgIpc) is 2.26. The highest BCUT2D eigenvalue weighted by molar-refractivity contribution is 5.79. The summed E-state index contributed by atoms with van der Waals surface area (Å²) in [4.78, 5) is 4.08. The Bertz CT molecular complexity index is 322. The molecule has 0 aliphatic carbocycles. The van der Waals surface area contributed by atoms with Crippen LogP contribution in [-0.4, -0.2) is 22.6 Å². The number of hydrogen-bond donors (Lipinski definition) is 2. The Balaban J connectivity index is 2.23. The Kier molecular flexibility index (Phi) is 4.40. The van der Waals surface area contributed by atoms with Crippen LogP contribution in [0.1, 0.15) is 18.4 Å². The molecule has 0 aliphatic heterocycles. The zero-order valence-corrected chi connectivity index (χ0v) is 8.68. The highest BCUT2D eigenvalue weighted by Gasteiger charge is 1.96. The van der Waals surface area contributed by atoms with Crippen molar-refractivity contribution in [2.75, 3.05) is 6.61 Å². The van der Waals surface area contributed by atoms with E-state index in [0.717, 1.165) is 5.56 Å². The maximum atomic E-state index is 8.29. The first-order chi connectivity index (χ1) is 7.22. The minimum Gasteiger partial charge on any atom is -0.478 e. The molecule has 1 rings (SSSR count). The maximum Gasteiger partial charge on any atom is 0.213 e. The molecular weight excluding hydrogens is 194 g/mol. The molecule has 0 atom stereocenters. The van der Waals surface area contributed by atoms with Crippen LogP contribution in [0.4, 0.5) is 0 Å². The first-order valence-electron chi connectivity index (χ1n) is 4.74. The third-order valence-electron chi connectivity index (χ3n) is 1.84. The monoisotopic (exact) mass is 209 g/mol. The standard InChI is InChI=1S/C10H15N3O2/c1-8-4-5-10(12-7-8)15-6-2-3-9(11)13-14/h4-5,7,14H,2-3,6H2,1H3,(H2,11,13). The summed E-state index contributed by atoms with van der Waals surface area (Å²) in [5.74, 6) is 0.815. The van der Waals surface area contributed by atoms with E-state index in [1.807, 2.05) is 19.1 Å². The summed E-state index contributed by atoms with van der Waals surface area (Å²) in [5.41, 5.74) is 6.40. The number of aryl methyl sites for hydroxylation is 1. The second kappa shape index (κ2) is 5.85. The molecule has 0 unspecified atom stereocenters. The van der Waals surface area contributed by atoms with Crippen molar-refractivity contribution < 1.29 is 9.94 Å². The number of nitrogens with zero attached hydrogens (tertiary/aromatic N) is 2. The summed E-state index contributed by atoms with van der Waals surface area (Å²) in [6.07, 6.45) is 2.96. The number of nitrogens with two attached hydrogens (primary N) is 1. The van der Waals surface area contributed by atoms with Crippen molar-refractivity contribution in [2.45, 2.75) is 19.8 Å². The van der Waals surface area contributed by atoms with Crippen LogP contribution >= 0.6 is 0 Å². The van der Waals surface area contributed by atoms with Gasteiger partial charge in [-0.15, -0.1) is 0 Å². The van der Waals surface area contributed by atoms with Crippen molar-refractivity contribution in [3.8, 4) is 5.88 Å². The molecule has 0 fully saturated rings. The van der Waals surface area contributed by atoms with E-state index >= 15 is 0 Å². The van der Waals surface area contributed by atoms with Gasteiger partial charge in [0.15, 0.2) is 0 Å². The van der Waals surface area contributed by atoms with Crippen molar-refractivity contribution in [1.29, 1.82) is 0 Å². The van der Waals surface area contributed by atoms with Crippen LogP contribution in [0.15, 0.2) is 23.5 Å². The molecule has 0 saturated heterocycles. The molecule has 0 aliphatic rings. The zero-order valence-electron chi connectivity index (χ0n) is 8.68. The Morgan fingerprint density at radius 3 is 3.00 bits per heavy atom. The number of pyridine rings is 1. The Morgan fingerprint density at radius 2 is 2.40 bits per heavy atom.